The Hall–Kier alpha value is -0.980. The molecule has 0 fully saturated rings. The number of unbranched alkanes of at least 4 members (excludes halogenated alkanes) is 13. The van der Waals surface area contributed by atoms with Crippen LogP contribution in [-0.2, 0) is 4.74 Å². The lowest BCUT2D eigenvalue weighted by Crippen LogP contribution is -1.82. The maximum Gasteiger partial charge on any atom is 0.121 e. The maximum absolute atomic E-state index is 4.57. The van der Waals surface area contributed by atoms with Gasteiger partial charge in [0.05, 0.1) is 6.26 Å². The highest BCUT2D eigenvalue weighted by Crippen LogP contribution is 2.12. The molecule has 0 aliphatic rings. The quantitative estimate of drug-likeness (QED) is 0.150. The van der Waals surface area contributed by atoms with E-state index in [0.29, 0.717) is 0 Å². The molecule has 0 aromatic heterocycles. The molecule has 133 valence electrons. The van der Waals surface area contributed by atoms with Crippen molar-refractivity contribution < 1.29 is 4.74 Å². The highest BCUT2D eigenvalue weighted by Gasteiger charge is 1.93. The van der Waals surface area contributed by atoms with Gasteiger partial charge >= 0.3 is 0 Å². The second-order valence-corrected chi connectivity index (χ2v) is 6.34. The first kappa shape index (κ1) is 22.0. The molecule has 0 saturated carbocycles. The van der Waals surface area contributed by atoms with Crippen molar-refractivity contribution >= 4 is 0 Å². The fourth-order valence-electron chi connectivity index (χ4n) is 2.68. The predicted octanol–water partition coefficient (Wildman–Crippen LogP) is 7.90. The van der Waals surface area contributed by atoms with Crippen molar-refractivity contribution in [2.75, 3.05) is 0 Å². The molecular weight excluding hydrogens is 280 g/mol. The lowest BCUT2D eigenvalue weighted by molar-refractivity contribution is 0.394. The number of ether oxygens (including phenoxy) is 1. The van der Waals surface area contributed by atoms with Crippen LogP contribution in [0.25, 0.3) is 0 Å². The van der Waals surface area contributed by atoms with Crippen LogP contribution in [0, 0.1) is 7.11 Å². The van der Waals surface area contributed by atoms with Crippen molar-refractivity contribution in [1.82, 2.24) is 0 Å². The molecule has 0 saturated heterocycles. The van der Waals surface area contributed by atoms with E-state index >= 15 is 0 Å². The molecule has 0 bridgehead atoms. The van der Waals surface area contributed by atoms with Crippen LogP contribution in [0.4, 0.5) is 0 Å². The summed E-state index contributed by atoms with van der Waals surface area (Å²) in [5.74, 6) is 0. The van der Waals surface area contributed by atoms with Gasteiger partial charge in [-0.25, -0.2) is 0 Å². The van der Waals surface area contributed by atoms with Gasteiger partial charge < -0.3 is 4.74 Å². The molecule has 0 aromatic rings. The summed E-state index contributed by atoms with van der Waals surface area (Å²) >= 11 is 0. The largest absolute Gasteiger partial charge is 0.498 e. The molecule has 23 heavy (non-hydrogen) atoms. The van der Waals surface area contributed by atoms with Crippen LogP contribution in [0.1, 0.15) is 96.8 Å². The molecule has 0 aromatic carbocycles. The zero-order valence-corrected chi connectivity index (χ0v) is 15.5. The summed E-state index contributed by atoms with van der Waals surface area (Å²) in [6.45, 7) is 2.29. The first-order chi connectivity index (χ1) is 11.4. The van der Waals surface area contributed by atoms with Gasteiger partial charge in [-0.05, 0) is 18.9 Å². The van der Waals surface area contributed by atoms with Crippen molar-refractivity contribution in [3.05, 3.63) is 43.8 Å². The lowest BCUT2D eigenvalue weighted by Gasteiger charge is -2.02. The number of hydrogen-bond acceptors (Lipinski definition) is 1. The smallest absolute Gasteiger partial charge is 0.121 e. The first-order valence-electron chi connectivity index (χ1n) is 9.81. The summed E-state index contributed by atoms with van der Waals surface area (Å²) in [5.41, 5.74) is 0. The molecule has 0 N–H and O–H groups in total. The molecule has 0 amide bonds. The Balaban J connectivity index is 3.12. The van der Waals surface area contributed by atoms with E-state index in [9.17, 15) is 0 Å². The SMILES string of the molecule is [CH2]OC=CC=CC=CCCCCCCCCCCCCCCC. The lowest BCUT2D eigenvalue weighted by atomic mass is 10.0. The van der Waals surface area contributed by atoms with Crippen LogP contribution in [-0.4, -0.2) is 0 Å². The Morgan fingerprint density at radius 1 is 0.609 bits per heavy atom. The second-order valence-electron chi connectivity index (χ2n) is 6.34. The molecule has 0 aliphatic heterocycles. The van der Waals surface area contributed by atoms with Gasteiger partial charge in [-0.1, -0.05) is 108 Å². The van der Waals surface area contributed by atoms with Crippen LogP contribution in [0.5, 0.6) is 0 Å². The molecule has 0 spiro atoms. The zero-order valence-electron chi connectivity index (χ0n) is 15.5. The fraction of sp³-hybridized carbons (Fsp3) is 0.682. The van der Waals surface area contributed by atoms with Gasteiger partial charge in [-0.3, -0.25) is 0 Å². The van der Waals surface area contributed by atoms with E-state index in [2.05, 4.69) is 30.9 Å². The second kappa shape index (κ2) is 21.0. The molecular formula is C22H39O. The van der Waals surface area contributed by atoms with Gasteiger partial charge in [-0.2, -0.15) is 0 Å². The molecule has 1 radical (unpaired) electrons. The van der Waals surface area contributed by atoms with E-state index < -0.39 is 0 Å². The topological polar surface area (TPSA) is 9.23 Å². The van der Waals surface area contributed by atoms with Gasteiger partial charge in [0.1, 0.15) is 7.11 Å². The van der Waals surface area contributed by atoms with Gasteiger partial charge in [0, 0.05) is 0 Å². The van der Waals surface area contributed by atoms with Crippen LogP contribution >= 0.6 is 0 Å². The van der Waals surface area contributed by atoms with E-state index in [1.807, 2.05) is 18.2 Å². The molecule has 0 aliphatic carbocycles. The van der Waals surface area contributed by atoms with Crippen LogP contribution in [0.2, 0.25) is 0 Å². The molecule has 0 atom stereocenters. The number of rotatable bonds is 17. The third-order valence-electron chi connectivity index (χ3n) is 4.12. The summed E-state index contributed by atoms with van der Waals surface area (Å²) in [7, 11) is 3.26. The van der Waals surface area contributed by atoms with Crippen molar-refractivity contribution in [3.63, 3.8) is 0 Å². The minimum Gasteiger partial charge on any atom is -0.498 e. The Kier molecular flexibility index (Phi) is 20.1. The van der Waals surface area contributed by atoms with E-state index in [1.54, 1.807) is 6.26 Å². The van der Waals surface area contributed by atoms with Crippen LogP contribution in [0.3, 0.4) is 0 Å². The average molecular weight is 320 g/mol. The van der Waals surface area contributed by atoms with Gasteiger partial charge in [-0.15, -0.1) is 0 Å². The summed E-state index contributed by atoms with van der Waals surface area (Å²) in [6, 6.07) is 0. The third kappa shape index (κ3) is 21.0. The zero-order chi connectivity index (χ0) is 16.8. The Labute approximate surface area is 145 Å². The molecule has 0 heterocycles. The van der Waals surface area contributed by atoms with E-state index in [-0.39, 0.29) is 0 Å². The summed E-state index contributed by atoms with van der Waals surface area (Å²) in [5, 5.41) is 0. The van der Waals surface area contributed by atoms with Gasteiger partial charge in [0.25, 0.3) is 0 Å². The molecule has 0 rings (SSSR count). The van der Waals surface area contributed by atoms with E-state index in [0.717, 1.165) is 0 Å². The van der Waals surface area contributed by atoms with E-state index in [4.69, 9.17) is 0 Å². The van der Waals surface area contributed by atoms with Crippen molar-refractivity contribution in [2.24, 2.45) is 0 Å². The maximum atomic E-state index is 4.57. The summed E-state index contributed by atoms with van der Waals surface area (Å²) in [4.78, 5) is 0. The van der Waals surface area contributed by atoms with Crippen molar-refractivity contribution in [1.29, 1.82) is 0 Å². The normalized spacial score (nSPS) is 12.1. The third-order valence-corrected chi connectivity index (χ3v) is 4.12. The predicted molar refractivity (Wildman–Crippen MR) is 104 cm³/mol. The Morgan fingerprint density at radius 2 is 1.09 bits per heavy atom. The Bertz CT molecular complexity index is 288. The first-order valence-corrected chi connectivity index (χ1v) is 9.81. The highest BCUT2D eigenvalue weighted by atomic mass is 16.5. The van der Waals surface area contributed by atoms with Gasteiger partial charge in [0.15, 0.2) is 0 Å². The van der Waals surface area contributed by atoms with Crippen LogP contribution < -0.4 is 0 Å². The van der Waals surface area contributed by atoms with E-state index in [1.165, 1.54) is 89.9 Å². The summed E-state index contributed by atoms with van der Waals surface area (Å²) < 4.78 is 4.57. The minimum absolute atomic E-state index is 1.19. The van der Waals surface area contributed by atoms with Crippen LogP contribution in [0.15, 0.2) is 36.6 Å². The summed E-state index contributed by atoms with van der Waals surface area (Å²) in [6.07, 6.45) is 31.4. The van der Waals surface area contributed by atoms with Crippen molar-refractivity contribution in [3.8, 4) is 0 Å². The molecule has 1 nitrogen and oxygen atoms in total. The number of hydrogen-bond donors (Lipinski definition) is 0. The Morgan fingerprint density at radius 3 is 1.61 bits per heavy atom. The number of allylic oxidation sites excluding steroid dienone is 5. The average Bonchev–Trinajstić information content (AvgIpc) is 2.57. The molecule has 1 heteroatoms. The molecule has 0 unspecified atom stereocenters. The fourth-order valence-corrected chi connectivity index (χ4v) is 2.68. The van der Waals surface area contributed by atoms with Gasteiger partial charge in [0.2, 0.25) is 0 Å². The minimum atomic E-state index is 1.19. The van der Waals surface area contributed by atoms with Crippen molar-refractivity contribution in [2.45, 2.75) is 96.8 Å². The highest BCUT2D eigenvalue weighted by molar-refractivity contribution is 5.09. The standard InChI is InChI=1S/C22H39O/c1-3-4-5-6-7-8-9-10-11-12-13-14-15-16-17-18-19-20-21-22-23-2/h17-22H,2-16H2,1H3. The monoisotopic (exact) mass is 319 g/mol.